The summed E-state index contributed by atoms with van der Waals surface area (Å²) < 4.78 is 0. The molecule has 2 amide bonds. The average Bonchev–Trinajstić information content (AvgIpc) is 2.22. The average molecular weight is 272 g/mol. The van der Waals surface area contributed by atoms with Crippen LogP contribution in [0.5, 0.6) is 0 Å². The van der Waals surface area contributed by atoms with Crippen LogP contribution in [0, 0.1) is 11.8 Å². The molecule has 0 aromatic rings. The highest BCUT2D eigenvalue weighted by Gasteiger charge is 2.28. The Balaban J connectivity index is 4.78. The summed E-state index contributed by atoms with van der Waals surface area (Å²) in [5.41, 5.74) is 0. The Morgan fingerprint density at radius 3 is 1.89 bits per heavy atom. The molecule has 6 heteroatoms. The summed E-state index contributed by atoms with van der Waals surface area (Å²) in [4.78, 5) is 34.2. The number of hydrogen-bond acceptors (Lipinski definition) is 3. The highest BCUT2D eigenvalue weighted by Crippen LogP contribution is 2.07. The molecule has 0 radical (unpaired) electrons. The third-order valence-corrected chi connectivity index (χ3v) is 2.63. The van der Waals surface area contributed by atoms with Gasteiger partial charge in [-0.25, -0.2) is 4.79 Å². The lowest BCUT2D eigenvalue weighted by molar-refractivity contribution is -0.143. The van der Waals surface area contributed by atoms with Crippen LogP contribution in [-0.4, -0.2) is 35.0 Å². The third-order valence-electron chi connectivity index (χ3n) is 2.63. The molecular formula is C13H24N2O4. The van der Waals surface area contributed by atoms with Gasteiger partial charge in [-0.15, -0.1) is 0 Å². The van der Waals surface area contributed by atoms with Gasteiger partial charge in [0.25, 0.3) is 0 Å². The molecule has 0 saturated heterocycles. The highest BCUT2D eigenvalue weighted by molar-refractivity contribution is 5.90. The highest BCUT2D eigenvalue weighted by atomic mass is 16.4. The first-order valence-electron chi connectivity index (χ1n) is 6.45. The molecule has 110 valence electrons. The maximum atomic E-state index is 12.0. The zero-order valence-corrected chi connectivity index (χ0v) is 12.2. The number of amides is 2. The van der Waals surface area contributed by atoms with E-state index in [-0.39, 0.29) is 17.7 Å². The molecule has 19 heavy (non-hydrogen) atoms. The predicted molar refractivity (Wildman–Crippen MR) is 71.5 cm³/mol. The van der Waals surface area contributed by atoms with Crippen molar-refractivity contribution in [3.05, 3.63) is 0 Å². The van der Waals surface area contributed by atoms with Gasteiger partial charge in [0, 0.05) is 6.92 Å². The van der Waals surface area contributed by atoms with Crippen molar-refractivity contribution < 1.29 is 19.5 Å². The van der Waals surface area contributed by atoms with Gasteiger partial charge < -0.3 is 15.7 Å². The normalized spacial score (nSPS) is 14.1. The van der Waals surface area contributed by atoms with E-state index in [1.54, 1.807) is 13.8 Å². The van der Waals surface area contributed by atoms with Crippen LogP contribution >= 0.6 is 0 Å². The van der Waals surface area contributed by atoms with Crippen LogP contribution in [0.25, 0.3) is 0 Å². The van der Waals surface area contributed by atoms with Gasteiger partial charge in [0.05, 0.1) is 0 Å². The van der Waals surface area contributed by atoms with Crippen LogP contribution in [-0.2, 0) is 14.4 Å². The standard InChI is InChI=1S/C13H24N2O4/c1-7(2)6-10(14-9(5)16)12(17)15-11(8(3)4)13(18)19/h7-8,10-11H,6H2,1-5H3,(H,14,16)(H,15,17)(H,18,19)/t10-,11+/m0/s1. The number of nitrogens with one attached hydrogen (secondary N) is 2. The van der Waals surface area contributed by atoms with Crippen molar-refractivity contribution in [2.45, 2.75) is 53.1 Å². The molecule has 2 atom stereocenters. The van der Waals surface area contributed by atoms with Crippen molar-refractivity contribution in [3.63, 3.8) is 0 Å². The smallest absolute Gasteiger partial charge is 0.326 e. The van der Waals surface area contributed by atoms with E-state index in [1.165, 1.54) is 6.92 Å². The quantitative estimate of drug-likeness (QED) is 0.637. The van der Waals surface area contributed by atoms with Gasteiger partial charge in [-0.2, -0.15) is 0 Å². The number of carbonyl (C=O) groups excluding carboxylic acids is 2. The first-order valence-corrected chi connectivity index (χ1v) is 6.45. The van der Waals surface area contributed by atoms with Crippen molar-refractivity contribution in [1.82, 2.24) is 10.6 Å². The summed E-state index contributed by atoms with van der Waals surface area (Å²) in [6.07, 6.45) is 0.468. The fourth-order valence-corrected chi connectivity index (χ4v) is 1.72. The van der Waals surface area contributed by atoms with Crippen LogP contribution in [0.4, 0.5) is 0 Å². The van der Waals surface area contributed by atoms with Gasteiger partial charge in [-0.05, 0) is 18.3 Å². The Morgan fingerprint density at radius 1 is 1.05 bits per heavy atom. The molecule has 0 spiro atoms. The SMILES string of the molecule is CC(=O)N[C@@H](CC(C)C)C(=O)N[C@@H](C(=O)O)C(C)C. The molecule has 6 nitrogen and oxygen atoms in total. The molecular weight excluding hydrogens is 248 g/mol. The lowest BCUT2D eigenvalue weighted by Crippen LogP contribution is -2.53. The van der Waals surface area contributed by atoms with Gasteiger partial charge in [0.1, 0.15) is 12.1 Å². The first kappa shape index (κ1) is 17.4. The van der Waals surface area contributed by atoms with Crippen LogP contribution < -0.4 is 10.6 Å². The van der Waals surface area contributed by atoms with Crippen molar-refractivity contribution in [1.29, 1.82) is 0 Å². The summed E-state index contributed by atoms with van der Waals surface area (Å²) in [6, 6.07) is -1.64. The third kappa shape index (κ3) is 6.79. The van der Waals surface area contributed by atoms with E-state index < -0.39 is 24.0 Å². The molecule has 3 N–H and O–H groups in total. The van der Waals surface area contributed by atoms with Crippen LogP contribution in [0.3, 0.4) is 0 Å². The predicted octanol–water partition coefficient (Wildman–Crippen LogP) is 0.763. The fourth-order valence-electron chi connectivity index (χ4n) is 1.72. The molecule has 0 aliphatic carbocycles. The molecule has 0 fully saturated rings. The summed E-state index contributed by atoms with van der Waals surface area (Å²) in [5.74, 6) is -1.85. The molecule has 0 aliphatic heterocycles. The number of carboxylic acid groups (broad SMARTS) is 1. The Bertz CT molecular complexity index is 340. The second-order valence-corrected chi connectivity index (χ2v) is 5.45. The van der Waals surface area contributed by atoms with Crippen LogP contribution in [0.1, 0.15) is 41.0 Å². The number of carbonyl (C=O) groups is 3. The molecule has 0 rings (SSSR count). The van der Waals surface area contributed by atoms with E-state index in [4.69, 9.17) is 5.11 Å². The van der Waals surface area contributed by atoms with Gasteiger partial charge in [0.15, 0.2) is 0 Å². The fraction of sp³-hybridized carbons (Fsp3) is 0.769. The lowest BCUT2D eigenvalue weighted by Gasteiger charge is -2.23. The molecule has 0 saturated carbocycles. The second-order valence-electron chi connectivity index (χ2n) is 5.45. The minimum absolute atomic E-state index is 0.213. The summed E-state index contributed by atoms with van der Waals surface area (Å²) in [7, 11) is 0. The van der Waals surface area contributed by atoms with E-state index in [1.807, 2.05) is 13.8 Å². The summed E-state index contributed by atoms with van der Waals surface area (Å²) >= 11 is 0. The molecule has 0 aromatic heterocycles. The Morgan fingerprint density at radius 2 is 1.58 bits per heavy atom. The second kappa shape index (κ2) is 7.76. The van der Waals surface area contributed by atoms with E-state index in [0.717, 1.165) is 0 Å². The molecule has 0 bridgehead atoms. The van der Waals surface area contributed by atoms with Gasteiger partial charge in [0.2, 0.25) is 11.8 Å². The van der Waals surface area contributed by atoms with Gasteiger partial charge in [-0.3, -0.25) is 9.59 Å². The molecule has 0 heterocycles. The van der Waals surface area contributed by atoms with Crippen molar-refractivity contribution in [2.24, 2.45) is 11.8 Å². The largest absolute Gasteiger partial charge is 0.480 e. The van der Waals surface area contributed by atoms with Crippen molar-refractivity contribution >= 4 is 17.8 Å². The van der Waals surface area contributed by atoms with Gasteiger partial charge in [-0.1, -0.05) is 27.7 Å². The summed E-state index contributed by atoms with van der Waals surface area (Å²) in [5, 5.41) is 14.1. The monoisotopic (exact) mass is 272 g/mol. The Labute approximate surface area is 113 Å². The van der Waals surface area contributed by atoms with E-state index in [2.05, 4.69) is 10.6 Å². The molecule has 0 aliphatic rings. The molecule has 0 unspecified atom stereocenters. The number of rotatable bonds is 7. The minimum Gasteiger partial charge on any atom is -0.480 e. The maximum absolute atomic E-state index is 12.0. The maximum Gasteiger partial charge on any atom is 0.326 e. The number of aliphatic carboxylic acids is 1. The number of hydrogen-bond donors (Lipinski definition) is 3. The van der Waals surface area contributed by atoms with E-state index in [0.29, 0.717) is 6.42 Å². The Hall–Kier alpha value is -1.59. The lowest BCUT2D eigenvalue weighted by atomic mass is 10.0. The van der Waals surface area contributed by atoms with E-state index in [9.17, 15) is 14.4 Å². The zero-order valence-electron chi connectivity index (χ0n) is 12.2. The Kier molecular flexibility index (Phi) is 7.11. The van der Waals surface area contributed by atoms with Crippen LogP contribution in [0.15, 0.2) is 0 Å². The van der Waals surface area contributed by atoms with Gasteiger partial charge >= 0.3 is 5.97 Å². The zero-order chi connectivity index (χ0) is 15.2. The minimum atomic E-state index is -1.07. The number of carboxylic acids is 1. The topological polar surface area (TPSA) is 95.5 Å². The van der Waals surface area contributed by atoms with Crippen LogP contribution in [0.2, 0.25) is 0 Å². The van der Waals surface area contributed by atoms with Crippen molar-refractivity contribution in [3.8, 4) is 0 Å². The summed E-state index contributed by atoms with van der Waals surface area (Å²) in [6.45, 7) is 8.63. The van der Waals surface area contributed by atoms with Crippen molar-refractivity contribution in [2.75, 3.05) is 0 Å². The first-order chi connectivity index (χ1) is 8.65. The molecule has 0 aromatic carbocycles. The van der Waals surface area contributed by atoms with E-state index >= 15 is 0 Å².